The van der Waals surface area contributed by atoms with Crippen LogP contribution in [0.5, 0.6) is 0 Å². The normalized spacial score (nSPS) is 17.0. The highest BCUT2D eigenvalue weighted by molar-refractivity contribution is 6.26. The van der Waals surface area contributed by atoms with Crippen molar-refractivity contribution < 1.29 is 9.90 Å². The van der Waals surface area contributed by atoms with E-state index in [0.29, 0.717) is 5.56 Å². The molecule has 1 amide bonds. The monoisotopic (exact) mass is 588 g/mol. The zero-order chi connectivity index (χ0) is 31.2. The van der Waals surface area contributed by atoms with Gasteiger partial charge in [0, 0.05) is 27.6 Å². The highest BCUT2D eigenvalue weighted by Crippen LogP contribution is 2.52. The molecule has 0 saturated heterocycles. The Labute approximate surface area is 264 Å². The number of amides is 1. The molecule has 2 aliphatic heterocycles. The SMILES string of the molecule is CC1(C)c2ccccc2N(c2ccc(-c3c4ccccc4c4c5c(cccc35)C(O)N(C(C)(C)C)C4=O)cc2)c2ccccc21. The van der Waals surface area contributed by atoms with E-state index in [0.717, 1.165) is 43.9 Å². The summed E-state index contributed by atoms with van der Waals surface area (Å²) in [6.07, 6.45) is -1.02. The minimum absolute atomic E-state index is 0.115. The topological polar surface area (TPSA) is 43.8 Å². The molecule has 0 bridgehead atoms. The summed E-state index contributed by atoms with van der Waals surface area (Å²) >= 11 is 0. The van der Waals surface area contributed by atoms with Gasteiger partial charge in [-0.25, -0.2) is 0 Å². The fraction of sp³-hybridized carbons (Fsp3) is 0.195. The maximum absolute atomic E-state index is 14.1. The van der Waals surface area contributed by atoms with Crippen LogP contribution in [0.2, 0.25) is 0 Å². The molecule has 0 radical (unpaired) electrons. The predicted molar refractivity (Wildman–Crippen MR) is 185 cm³/mol. The third-order valence-electron chi connectivity index (χ3n) is 9.81. The fourth-order valence-electron chi connectivity index (χ4n) is 7.77. The number of hydrogen-bond donors (Lipinski definition) is 1. The Hall–Kier alpha value is -4.93. The molecule has 1 atom stereocenters. The first-order valence-electron chi connectivity index (χ1n) is 15.7. The van der Waals surface area contributed by atoms with Crippen molar-refractivity contribution in [2.75, 3.05) is 4.90 Å². The summed E-state index contributed by atoms with van der Waals surface area (Å²) in [4.78, 5) is 18.1. The summed E-state index contributed by atoms with van der Waals surface area (Å²) in [5, 5.41) is 15.3. The zero-order valence-corrected chi connectivity index (χ0v) is 26.3. The van der Waals surface area contributed by atoms with E-state index in [1.54, 1.807) is 4.90 Å². The number of carbonyl (C=O) groups excluding carboxylic acids is 1. The zero-order valence-electron chi connectivity index (χ0n) is 26.3. The number of fused-ring (bicyclic) bond motifs is 4. The number of hydrogen-bond acceptors (Lipinski definition) is 3. The van der Waals surface area contributed by atoms with Crippen LogP contribution in [0.4, 0.5) is 17.1 Å². The summed E-state index contributed by atoms with van der Waals surface area (Å²) in [5.74, 6) is -0.137. The van der Waals surface area contributed by atoms with Crippen LogP contribution in [0.25, 0.3) is 32.7 Å². The number of para-hydroxylation sites is 2. The Morgan fingerprint density at radius 3 is 1.78 bits per heavy atom. The van der Waals surface area contributed by atoms with Crippen molar-refractivity contribution in [2.24, 2.45) is 0 Å². The first kappa shape index (κ1) is 27.6. The molecule has 0 aromatic heterocycles. The largest absolute Gasteiger partial charge is 0.369 e. The second kappa shape index (κ2) is 9.53. The average molecular weight is 589 g/mol. The van der Waals surface area contributed by atoms with Crippen LogP contribution >= 0.6 is 0 Å². The molecule has 0 saturated carbocycles. The molecule has 8 rings (SSSR count). The maximum atomic E-state index is 14.1. The Morgan fingerprint density at radius 1 is 0.644 bits per heavy atom. The highest BCUT2D eigenvalue weighted by atomic mass is 16.3. The molecule has 0 aliphatic carbocycles. The average Bonchev–Trinajstić information content (AvgIpc) is 3.03. The molecule has 4 heteroatoms. The van der Waals surface area contributed by atoms with E-state index < -0.39 is 11.8 Å². The number of carbonyl (C=O) groups is 1. The second-order valence-corrected chi connectivity index (χ2v) is 13.8. The molecule has 1 unspecified atom stereocenters. The Morgan fingerprint density at radius 2 is 1.18 bits per heavy atom. The van der Waals surface area contributed by atoms with E-state index in [9.17, 15) is 9.90 Å². The molecular formula is C41H36N2O2. The van der Waals surface area contributed by atoms with Gasteiger partial charge in [-0.2, -0.15) is 0 Å². The maximum Gasteiger partial charge on any atom is 0.257 e. The smallest absolute Gasteiger partial charge is 0.257 e. The number of aliphatic hydroxyl groups excluding tert-OH is 1. The standard InChI is InChI=1S/C41H36N2O2/c1-40(2,3)43-38(44)30-16-12-15-29-35(27-13-6-7-14-28(27)37(36(29)30)39(43)45)25-21-23-26(24-22-25)42-33-19-10-8-17-31(33)41(4,5)32-18-9-11-20-34(32)42/h6-24,38,44H,1-5H3. The van der Waals surface area contributed by atoms with Crippen molar-refractivity contribution in [3.63, 3.8) is 0 Å². The van der Waals surface area contributed by atoms with Crippen LogP contribution in [0.3, 0.4) is 0 Å². The van der Waals surface area contributed by atoms with Crippen LogP contribution in [0.1, 0.15) is 67.9 Å². The van der Waals surface area contributed by atoms with Crippen molar-refractivity contribution in [1.82, 2.24) is 4.90 Å². The quantitative estimate of drug-likeness (QED) is 0.205. The molecular weight excluding hydrogens is 552 g/mol. The molecule has 0 spiro atoms. The van der Waals surface area contributed by atoms with E-state index in [-0.39, 0.29) is 11.3 Å². The molecule has 6 aromatic carbocycles. The van der Waals surface area contributed by atoms with Gasteiger partial charge < -0.3 is 14.9 Å². The van der Waals surface area contributed by atoms with Gasteiger partial charge in [0.1, 0.15) is 0 Å². The molecule has 45 heavy (non-hydrogen) atoms. The highest BCUT2D eigenvalue weighted by Gasteiger charge is 2.41. The van der Waals surface area contributed by atoms with Gasteiger partial charge in [-0.05, 0) is 83.4 Å². The van der Waals surface area contributed by atoms with Gasteiger partial charge in [-0.3, -0.25) is 4.79 Å². The summed E-state index contributed by atoms with van der Waals surface area (Å²) in [7, 11) is 0. The molecule has 2 heterocycles. The van der Waals surface area contributed by atoms with Crippen molar-refractivity contribution in [2.45, 2.75) is 51.8 Å². The van der Waals surface area contributed by atoms with Gasteiger partial charge in [0.05, 0.1) is 16.9 Å². The molecule has 6 aromatic rings. The predicted octanol–water partition coefficient (Wildman–Crippen LogP) is 10.0. The van der Waals surface area contributed by atoms with Gasteiger partial charge >= 0.3 is 0 Å². The number of aliphatic hydroxyl groups is 1. The minimum atomic E-state index is -1.02. The van der Waals surface area contributed by atoms with Crippen molar-refractivity contribution in [3.8, 4) is 11.1 Å². The molecule has 2 aliphatic rings. The Balaban J connectivity index is 1.34. The van der Waals surface area contributed by atoms with Gasteiger partial charge in [0.2, 0.25) is 0 Å². The third kappa shape index (κ3) is 3.85. The van der Waals surface area contributed by atoms with Crippen LogP contribution in [0, 0.1) is 0 Å². The van der Waals surface area contributed by atoms with E-state index in [4.69, 9.17) is 0 Å². The number of nitrogens with zero attached hydrogens (tertiary/aromatic N) is 2. The van der Waals surface area contributed by atoms with Gasteiger partial charge in [-0.15, -0.1) is 0 Å². The summed E-state index contributed by atoms with van der Waals surface area (Å²) in [6, 6.07) is 40.4. The van der Waals surface area contributed by atoms with Crippen LogP contribution in [-0.4, -0.2) is 21.5 Å². The van der Waals surface area contributed by atoms with E-state index in [1.807, 2.05) is 51.1 Å². The van der Waals surface area contributed by atoms with E-state index in [2.05, 4.69) is 104 Å². The number of anilines is 3. The molecule has 222 valence electrons. The first-order chi connectivity index (χ1) is 21.6. The van der Waals surface area contributed by atoms with Crippen LogP contribution in [0.15, 0.2) is 115 Å². The minimum Gasteiger partial charge on any atom is -0.369 e. The summed E-state index contributed by atoms with van der Waals surface area (Å²) in [5.41, 5.74) is 8.99. The van der Waals surface area contributed by atoms with Gasteiger partial charge in [-0.1, -0.05) is 105 Å². The second-order valence-electron chi connectivity index (χ2n) is 13.8. The lowest BCUT2D eigenvalue weighted by Gasteiger charge is -2.43. The molecule has 4 nitrogen and oxygen atoms in total. The van der Waals surface area contributed by atoms with Gasteiger partial charge in [0.25, 0.3) is 5.91 Å². The Bertz CT molecular complexity index is 2120. The van der Waals surface area contributed by atoms with Crippen molar-refractivity contribution in [3.05, 3.63) is 138 Å². The van der Waals surface area contributed by atoms with E-state index >= 15 is 0 Å². The first-order valence-corrected chi connectivity index (χ1v) is 15.7. The summed E-state index contributed by atoms with van der Waals surface area (Å²) in [6.45, 7) is 10.5. The molecule has 0 fully saturated rings. The lowest BCUT2D eigenvalue weighted by atomic mass is 9.73. The van der Waals surface area contributed by atoms with Crippen molar-refractivity contribution >= 4 is 44.5 Å². The lowest BCUT2D eigenvalue weighted by molar-refractivity contribution is -0.0347. The van der Waals surface area contributed by atoms with Gasteiger partial charge in [0.15, 0.2) is 6.23 Å². The third-order valence-corrected chi connectivity index (χ3v) is 9.81. The number of rotatable bonds is 2. The summed E-state index contributed by atoms with van der Waals surface area (Å²) < 4.78 is 0. The lowest BCUT2D eigenvalue weighted by Crippen LogP contribution is -2.49. The fourth-order valence-corrected chi connectivity index (χ4v) is 7.77. The number of benzene rings is 6. The molecule has 1 N–H and O–H groups in total. The Kier molecular flexibility index (Phi) is 5.85. The van der Waals surface area contributed by atoms with E-state index in [1.165, 1.54) is 22.5 Å². The van der Waals surface area contributed by atoms with Crippen LogP contribution < -0.4 is 4.90 Å². The van der Waals surface area contributed by atoms with Crippen molar-refractivity contribution in [1.29, 1.82) is 0 Å². The van der Waals surface area contributed by atoms with Crippen LogP contribution in [-0.2, 0) is 5.41 Å².